The van der Waals surface area contributed by atoms with Crippen LogP contribution in [-0.2, 0) is 12.3 Å². The molecule has 0 spiro atoms. The van der Waals surface area contributed by atoms with Crippen LogP contribution >= 0.6 is 11.6 Å². The second kappa shape index (κ2) is 7.11. The van der Waals surface area contributed by atoms with Gasteiger partial charge < -0.3 is 5.32 Å². The first-order valence-electron chi connectivity index (χ1n) is 6.68. The van der Waals surface area contributed by atoms with Gasteiger partial charge in [0.2, 0.25) is 0 Å². The molecular weight excluding hydrogens is 270 g/mol. The van der Waals surface area contributed by atoms with Crippen LogP contribution < -0.4 is 5.32 Å². The van der Waals surface area contributed by atoms with Gasteiger partial charge in [0.25, 0.3) is 5.91 Å². The maximum absolute atomic E-state index is 12.1. The molecule has 1 N–H and O–H groups in total. The van der Waals surface area contributed by atoms with E-state index in [1.165, 1.54) is 5.56 Å². The fourth-order valence-corrected chi connectivity index (χ4v) is 2.25. The van der Waals surface area contributed by atoms with Gasteiger partial charge in [0.1, 0.15) is 0 Å². The molecule has 0 saturated heterocycles. The first-order valence-corrected chi connectivity index (χ1v) is 7.22. The van der Waals surface area contributed by atoms with Crippen LogP contribution in [0.5, 0.6) is 0 Å². The summed E-state index contributed by atoms with van der Waals surface area (Å²) in [4.78, 5) is 12.1. The summed E-state index contributed by atoms with van der Waals surface area (Å²) in [5.74, 6) is 0.418. The van der Waals surface area contributed by atoms with E-state index in [0.29, 0.717) is 11.4 Å². The summed E-state index contributed by atoms with van der Waals surface area (Å²) in [6, 6.07) is 17.6. The molecule has 0 unspecified atom stereocenters. The predicted molar refractivity (Wildman–Crippen MR) is 83.1 cm³/mol. The molecule has 0 saturated carbocycles. The number of nitrogens with one attached hydrogen (secondary N) is 1. The van der Waals surface area contributed by atoms with E-state index in [-0.39, 0.29) is 11.9 Å². The Bertz CT molecular complexity index is 551. The second-order valence-corrected chi connectivity index (χ2v) is 5.16. The molecule has 104 valence electrons. The smallest absolute Gasteiger partial charge is 0.251 e. The third-order valence-corrected chi connectivity index (χ3v) is 3.44. The first kappa shape index (κ1) is 14.6. The van der Waals surface area contributed by atoms with Crippen molar-refractivity contribution in [2.24, 2.45) is 0 Å². The van der Waals surface area contributed by atoms with Gasteiger partial charge in [-0.1, -0.05) is 42.5 Å². The number of carbonyl (C=O) groups excluding carboxylic acids is 1. The summed E-state index contributed by atoms with van der Waals surface area (Å²) in [6.07, 6.45) is 0.826. The van der Waals surface area contributed by atoms with Crippen LogP contribution in [-0.4, -0.2) is 11.9 Å². The largest absolute Gasteiger partial charge is 0.349 e. The number of carbonyl (C=O) groups is 1. The molecule has 1 amide bonds. The molecule has 3 heteroatoms. The minimum atomic E-state index is -0.0467. The molecule has 0 aliphatic heterocycles. The molecule has 0 aliphatic carbocycles. The average molecular weight is 288 g/mol. The number of rotatable bonds is 5. The Morgan fingerprint density at radius 1 is 1.05 bits per heavy atom. The monoisotopic (exact) mass is 287 g/mol. The van der Waals surface area contributed by atoms with E-state index in [4.69, 9.17) is 11.6 Å². The van der Waals surface area contributed by atoms with Crippen LogP contribution in [0.25, 0.3) is 0 Å². The van der Waals surface area contributed by atoms with E-state index in [0.717, 1.165) is 12.0 Å². The lowest BCUT2D eigenvalue weighted by atomic mass is 10.1. The molecule has 2 aromatic rings. The van der Waals surface area contributed by atoms with E-state index in [2.05, 4.69) is 17.4 Å². The Labute approximate surface area is 124 Å². The Morgan fingerprint density at radius 2 is 1.70 bits per heavy atom. The highest BCUT2D eigenvalue weighted by Crippen LogP contribution is 2.08. The molecule has 2 rings (SSSR count). The maximum Gasteiger partial charge on any atom is 0.251 e. The number of halogens is 1. The van der Waals surface area contributed by atoms with Gasteiger partial charge in [0, 0.05) is 17.5 Å². The lowest BCUT2D eigenvalue weighted by Crippen LogP contribution is -2.34. The van der Waals surface area contributed by atoms with Crippen LogP contribution in [0.2, 0.25) is 0 Å². The highest BCUT2D eigenvalue weighted by molar-refractivity contribution is 6.17. The molecule has 1 atom stereocenters. The van der Waals surface area contributed by atoms with E-state index in [9.17, 15) is 4.79 Å². The van der Waals surface area contributed by atoms with E-state index < -0.39 is 0 Å². The van der Waals surface area contributed by atoms with Gasteiger partial charge in [-0.2, -0.15) is 0 Å². The van der Waals surface area contributed by atoms with Crippen molar-refractivity contribution in [1.29, 1.82) is 0 Å². The van der Waals surface area contributed by atoms with Crippen molar-refractivity contribution < 1.29 is 4.79 Å². The van der Waals surface area contributed by atoms with E-state index >= 15 is 0 Å². The predicted octanol–water partition coefficient (Wildman–Crippen LogP) is 3.79. The topological polar surface area (TPSA) is 29.1 Å². The maximum atomic E-state index is 12.1. The van der Waals surface area contributed by atoms with Gasteiger partial charge >= 0.3 is 0 Å². The molecule has 2 nitrogen and oxygen atoms in total. The Morgan fingerprint density at radius 3 is 2.30 bits per heavy atom. The highest BCUT2D eigenvalue weighted by atomic mass is 35.5. The number of amides is 1. The second-order valence-electron chi connectivity index (χ2n) is 4.89. The summed E-state index contributed by atoms with van der Waals surface area (Å²) in [5, 5.41) is 3.01. The van der Waals surface area contributed by atoms with Gasteiger partial charge in [-0.15, -0.1) is 11.6 Å². The summed E-state index contributed by atoms with van der Waals surface area (Å²) < 4.78 is 0. The number of hydrogen-bond donors (Lipinski definition) is 1. The molecule has 0 aromatic heterocycles. The van der Waals surface area contributed by atoms with Crippen molar-refractivity contribution in [2.45, 2.75) is 25.3 Å². The van der Waals surface area contributed by atoms with Crippen molar-refractivity contribution in [3.63, 3.8) is 0 Å². The lowest BCUT2D eigenvalue weighted by Gasteiger charge is -2.14. The van der Waals surface area contributed by atoms with Crippen LogP contribution in [0.3, 0.4) is 0 Å². The fraction of sp³-hybridized carbons (Fsp3) is 0.235. The molecule has 0 aliphatic rings. The number of benzene rings is 2. The summed E-state index contributed by atoms with van der Waals surface area (Å²) in [7, 11) is 0. The zero-order valence-corrected chi connectivity index (χ0v) is 12.2. The molecular formula is C17H18ClNO. The van der Waals surface area contributed by atoms with Crippen molar-refractivity contribution in [3.05, 3.63) is 71.3 Å². The van der Waals surface area contributed by atoms with Gasteiger partial charge in [-0.05, 0) is 36.6 Å². The zero-order chi connectivity index (χ0) is 14.4. The molecule has 0 heterocycles. The number of hydrogen-bond acceptors (Lipinski definition) is 1. The third kappa shape index (κ3) is 4.10. The van der Waals surface area contributed by atoms with Crippen molar-refractivity contribution in [2.75, 3.05) is 0 Å². The summed E-state index contributed by atoms with van der Waals surface area (Å²) in [6.45, 7) is 2.01. The molecule has 0 fully saturated rings. The van der Waals surface area contributed by atoms with Crippen LogP contribution in [0.15, 0.2) is 54.6 Å². The normalized spacial score (nSPS) is 11.9. The first-order chi connectivity index (χ1) is 9.69. The fourth-order valence-electron chi connectivity index (χ4n) is 2.07. The van der Waals surface area contributed by atoms with Gasteiger partial charge in [0.05, 0.1) is 0 Å². The van der Waals surface area contributed by atoms with Crippen LogP contribution in [0.1, 0.15) is 28.4 Å². The SMILES string of the molecule is C[C@@H](Cc1ccccc1)NC(=O)c1ccc(CCl)cc1. The minimum absolute atomic E-state index is 0.0467. The molecule has 2 aromatic carbocycles. The van der Waals surface area contributed by atoms with Crippen molar-refractivity contribution in [1.82, 2.24) is 5.32 Å². The van der Waals surface area contributed by atoms with Crippen LogP contribution in [0.4, 0.5) is 0 Å². The molecule has 0 radical (unpaired) electrons. The highest BCUT2D eigenvalue weighted by Gasteiger charge is 2.10. The van der Waals surface area contributed by atoms with Gasteiger partial charge in [-0.3, -0.25) is 4.79 Å². The molecule has 0 bridgehead atoms. The Hall–Kier alpha value is -1.80. The Balaban J connectivity index is 1.93. The third-order valence-electron chi connectivity index (χ3n) is 3.13. The zero-order valence-electron chi connectivity index (χ0n) is 11.5. The van der Waals surface area contributed by atoms with Crippen molar-refractivity contribution >= 4 is 17.5 Å². The average Bonchev–Trinajstić information content (AvgIpc) is 2.48. The van der Waals surface area contributed by atoms with Gasteiger partial charge in [0.15, 0.2) is 0 Å². The van der Waals surface area contributed by atoms with E-state index in [1.54, 1.807) is 0 Å². The van der Waals surface area contributed by atoms with Gasteiger partial charge in [-0.25, -0.2) is 0 Å². The minimum Gasteiger partial charge on any atom is -0.349 e. The van der Waals surface area contributed by atoms with E-state index in [1.807, 2.05) is 49.4 Å². The quantitative estimate of drug-likeness (QED) is 0.833. The molecule has 20 heavy (non-hydrogen) atoms. The standard InChI is InChI=1S/C17H18ClNO/c1-13(11-14-5-3-2-4-6-14)19-17(20)16-9-7-15(12-18)8-10-16/h2-10,13H,11-12H2,1H3,(H,19,20)/t13-/m0/s1. The summed E-state index contributed by atoms with van der Waals surface area (Å²) in [5.41, 5.74) is 2.90. The van der Waals surface area contributed by atoms with Crippen molar-refractivity contribution in [3.8, 4) is 0 Å². The Kier molecular flexibility index (Phi) is 5.19. The summed E-state index contributed by atoms with van der Waals surface area (Å²) >= 11 is 5.73. The lowest BCUT2D eigenvalue weighted by molar-refractivity contribution is 0.0940. The number of alkyl halides is 1. The van der Waals surface area contributed by atoms with Crippen LogP contribution in [0, 0.1) is 0 Å².